The molecule has 0 radical (unpaired) electrons. The van der Waals surface area contributed by atoms with Gasteiger partial charge < -0.3 is 14.4 Å². The maximum atomic E-state index is 9.52. The lowest BCUT2D eigenvalue weighted by Crippen LogP contribution is -2.51. The molecule has 1 aliphatic heterocycles. The van der Waals surface area contributed by atoms with Crippen LogP contribution < -0.4 is 4.74 Å². The van der Waals surface area contributed by atoms with E-state index in [0.717, 1.165) is 61.3 Å². The Morgan fingerprint density at radius 1 is 1.14 bits per heavy atom. The molecule has 36 heavy (non-hydrogen) atoms. The zero-order valence-corrected chi connectivity index (χ0v) is 21.2. The van der Waals surface area contributed by atoms with Crippen molar-refractivity contribution in [2.45, 2.75) is 51.4 Å². The van der Waals surface area contributed by atoms with E-state index in [1.165, 1.54) is 6.33 Å². The summed E-state index contributed by atoms with van der Waals surface area (Å²) in [5.41, 5.74) is 5.17. The molecular weight excluding hydrogens is 476 g/mol. The minimum absolute atomic E-state index is 0.185. The Bertz CT molecular complexity index is 1430. The highest BCUT2D eigenvalue weighted by Crippen LogP contribution is 2.41. The zero-order chi connectivity index (χ0) is 24.9. The van der Waals surface area contributed by atoms with Crippen molar-refractivity contribution in [2.75, 3.05) is 19.6 Å². The van der Waals surface area contributed by atoms with Gasteiger partial charge in [-0.3, -0.25) is 9.88 Å². The number of hydrogen-bond acceptors (Lipinski definition) is 7. The molecular formula is C27H29ClN6O2. The fourth-order valence-electron chi connectivity index (χ4n) is 4.61. The van der Waals surface area contributed by atoms with Crippen LogP contribution in [0.2, 0.25) is 5.02 Å². The highest BCUT2D eigenvalue weighted by molar-refractivity contribution is 6.33. The molecule has 1 N–H and O–H groups in total. The monoisotopic (exact) mass is 504 g/mol. The summed E-state index contributed by atoms with van der Waals surface area (Å²) >= 11 is 6.84. The molecule has 6 rings (SSSR count). The molecule has 4 heterocycles. The lowest BCUT2D eigenvalue weighted by molar-refractivity contribution is 0.00310. The molecule has 9 heteroatoms. The molecule has 2 aliphatic rings. The van der Waals surface area contributed by atoms with Crippen LogP contribution in [0.4, 0.5) is 0 Å². The summed E-state index contributed by atoms with van der Waals surface area (Å²) in [7, 11) is 0. The molecule has 0 amide bonds. The summed E-state index contributed by atoms with van der Waals surface area (Å²) in [5.74, 6) is 1.21. The minimum Gasteiger partial charge on any atom is -0.470 e. The molecule has 0 unspecified atom stereocenters. The van der Waals surface area contributed by atoms with Crippen molar-refractivity contribution in [3.63, 3.8) is 0 Å². The van der Waals surface area contributed by atoms with Crippen molar-refractivity contribution in [3.8, 4) is 17.3 Å². The van der Waals surface area contributed by atoms with Crippen molar-refractivity contribution in [1.82, 2.24) is 29.4 Å². The van der Waals surface area contributed by atoms with Crippen LogP contribution in [-0.4, -0.2) is 65.8 Å². The summed E-state index contributed by atoms with van der Waals surface area (Å²) in [6.07, 6.45) is 6.04. The van der Waals surface area contributed by atoms with Crippen LogP contribution in [0.25, 0.3) is 22.6 Å². The summed E-state index contributed by atoms with van der Waals surface area (Å²) in [6, 6.07) is 10.2. The molecule has 4 aromatic rings. The van der Waals surface area contributed by atoms with Crippen LogP contribution in [0.3, 0.4) is 0 Å². The minimum atomic E-state index is -0.189. The lowest BCUT2D eigenvalue weighted by Gasteiger charge is -2.35. The van der Waals surface area contributed by atoms with Gasteiger partial charge in [-0.25, -0.2) is 9.97 Å². The second-order valence-electron chi connectivity index (χ2n) is 10.2. The third-order valence-electron chi connectivity index (χ3n) is 7.02. The Morgan fingerprint density at radius 3 is 2.69 bits per heavy atom. The number of fused-ring (bicyclic) bond motifs is 1. The third kappa shape index (κ3) is 4.68. The van der Waals surface area contributed by atoms with Crippen LogP contribution in [-0.2, 0) is 13.0 Å². The van der Waals surface area contributed by atoms with Gasteiger partial charge in [0.1, 0.15) is 17.8 Å². The van der Waals surface area contributed by atoms with E-state index >= 15 is 0 Å². The van der Waals surface area contributed by atoms with Crippen molar-refractivity contribution in [3.05, 3.63) is 64.7 Å². The van der Waals surface area contributed by atoms with Crippen molar-refractivity contribution in [1.29, 1.82) is 0 Å². The smallest absolute Gasteiger partial charge is 0.245 e. The number of hydrogen-bond donors (Lipinski definition) is 1. The van der Waals surface area contributed by atoms with E-state index in [1.54, 1.807) is 0 Å². The van der Waals surface area contributed by atoms with Gasteiger partial charge in [0.25, 0.3) is 0 Å². The molecule has 1 saturated heterocycles. The summed E-state index contributed by atoms with van der Waals surface area (Å²) < 4.78 is 8.27. The van der Waals surface area contributed by atoms with Crippen molar-refractivity contribution < 1.29 is 9.84 Å². The normalized spacial score (nSPS) is 17.3. The number of benzene rings is 1. The van der Waals surface area contributed by atoms with Crippen molar-refractivity contribution in [2.24, 2.45) is 0 Å². The second-order valence-corrected chi connectivity index (χ2v) is 10.6. The molecule has 0 spiro atoms. The number of rotatable bonds is 8. The number of likely N-dealkylation sites (tertiary alicyclic amines) is 1. The predicted octanol–water partition coefficient (Wildman–Crippen LogP) is 4.05. The van der Waals surface area contributed by atoms with Crippen LogP contribution in [0.5, 0.6) is 5.88 Å². The van der Waals surface area contributed by atoms with E-state index in [0.29, 0.717) is 34.4 Å². The molecule has 3 aromatic heterocycles. The van der Waals surface area contributed by atoms with Gasteiger partial charge in [0.15, 0.2) is 11.2 Å². The number of β-amino-alcohol motifs (C(OH)–C–C–N with tert-alkyl or cyclic N) is 1. The lowest BCUT2D eigenvalue weighted by atomic mass is 10.1. The first-order valence-corrected chi connectivity index (χ1v) is 12.8. The quantitative estimate of drug-likeness (QED) is 0.387. The summed E-state index contributed by atoms with van der Waals surface area (Å²) in [5, 5.41) is 10.2. The van der Waals surface area contributed by atoms with Crippen LogP contribution in [0, 0.1) is 6.92 Å². The highest BCUT2D eigenvalue weighted by Gasteiger charge is 2.41. The van der Waals surface area contributed by atoms with Gasteiger partial charge >= 0.3 is 0 Å². The second kappa shape index (κ2) is 9.10. The largest absolute Gasteiger partial charge is 0.470 e. The number of aliphatic hydroxyl groups is 1. The number of aliphatic hydroxyl groups excluding tert-OH is 1. The topological polar surface area (TPSA) is 89.2 Å². The summed E-state index contributed by atoms with van der Waals surface area (Å²) in [4.78, 5) is 20.8. The third-order valence-corrected chi connectivity index (χ3v) is 7.33. The molecule has 2 fully saturated rings. The molecule has 1 saturated carbocycles. The van der Waals surface area contributed by atoms with E-state index in [-0.39, 0.29) is 11.7 Å². The maximum absolute atomic E-state index is 9.52. The fourth-order valence-corrected chi connectivity index (χ4v) is 4.90. The fraction of sp³-hybridized carbons (Fsp3) is 0.407. The first kappa shape index (κ1) is 23.3. The van der Waals surface area contributed by atoms with Gasteiger partial charge in [-0.05, 0) is 68.5 Å². The molecule has 1 aliphatic carbocycles. The Labute approximate surface area is 214 Å². The molecule has 186 valence electrons. The number of imidazole rings is 1. The Kier molecular flexibility index (Phi) is 5.90. The maximum Gasteiger partial charge on any atom is 0.245 e. The van der Waals surface area contributed by atoms with Gasteiger partial charge in [0.2, 0.25) is 5.88 Å². The SMILES string of the molecule is Cc1ccnc(Cn2c(-c3ccc(CCN4CC(O)C4)cc3Cl)nc3c(OC4(C)CC4)ncnc32)c1. The van der Waals surface area contributed by atoms with Crippen LogP contribution in [0.15, 0.2) is 42.9 Å². The van der Waals surface area contributed by atoms with E-state index < -0.39 is 0 Å². The van der Waals surface area contributed by atoms with Gasteiger partial charge in [0.05, 0.1) is 23.4 Å². The van der Waals surface area contributed by atoms with Crippen LogP contribution in [0.1, 0.15) is 36.6 Å². The molecule has 1 aromatic carbocycles. The molecule has 0 bridgehead atoms. The number of ether oxygens (including phenoxy) is 1. The number of pyridine rings is 1. The summed E-state index contributed by atoms with van der Waals surface area (Å²) in [6.45, 7) is 7.03. The number of aryl methyl sites for hydroxylation is 1. The van der Waals surface area contributed by atoms with Gasteiger partial charge in [-0.2, -0.15) is 4.98 Å². The standard InChI is InChI=1S/C27H29ClN6O2/c1-17-5-9-29-19(11-17)13-34-24(32-23-25(34)30-16-31-26(23)36-27(2)7-8-27)21-4-3-18(12-22(21)28)6-10-33-14-20(35)15-33/h3-5,9,11-12,16,20,35H,6-8,10,13-15H2,1-2H3. The van der Waals surface area contributed by atoms with Crippen molar-refractivity contribution >= 4 is 22.8 Å². The van der Waals surface area contributed by atoms with Gasteiger partial charge in [-0.1, -0.05) is 17.7 Å². The average Bonchev–Trinajstić information content (AvgIpc) is 3.44. The number of nitrogens with zero attached hydrogens (tertiary/aromatic N) is 6. The zero-order valence-electron chi connectivity index (χ0n) is 20.5. The average molecular weight is 505 g/mol. The Hall–Kier alpha value is -3.07. The van der Waals surface area contributed by atoms with E-state index in [2.05, 4.69) is 45.8 Å². The van der Waals surface area contributed by atoms with E-state index in [1.807, 2.05) is 29.0 Å². The van der Waals surface area contributed by atoms with E-state index in [4.69, 9.17) is 21.3 Å². The number of aromatic nitrogens is 5. The Balaban J connectivity index is 1.38. The van der Waals surface area contributed by atoms with E-state index in [9.17, 15) is 5.11 Å². The molecule has 8 nitrogen and oxygen atoms in total. The van der Waals surface area contributed by atoms with Gasteiger partial charge in [0, 0.05) is 31.4 Å². The first-order valence-electron chi connectivity index (χ1n) is 12.4. The number of halogens is 1. The van der Waals surface area contributed by atoms with Gasteiger partial charge in [-0.15, -0.1) is 0 Å². The Morgan fingerprint density at radius 2 is 1.97 bits per heavy atom. The molecule has 0 atom stereocenters. The first-order chi connectivity index (χ1) is 17.4. The van der Waals surface area contributed by atoms with Crippen LogP contribution >= 0.6 is 11.6 Å². The highest BCUT2D eigenvalue weighted by atomic mass is 35.5. The predicted molar refractivity (Wildman–Crippen MR) is 138 cm³/mol.